The highest BCUT2D eigenvalue weighted by Crippen LogP contribution is 2.31. The average molecular weight is 382 g/mol. The average Bonchev–Trinajstić information content (AvgIpc) is 3.26. The minimum Gasteiger partial charge on any atom is -0.486 e. The normalized spacial score (nSPS) is 15.4. The molecule has 0 aliphatic carbocycles. The lowest BCUT2D eigenvalue weighted by Gasteiger charge is -2.26. The van der Waals surface area contributed by atoms with Gasteiger partial charge in [0.25, 0.3) is 0 Å². The summed E-state index contributed by atoms with van der Waals surface area (Å²) in [7, 11) is 0. The molecule has 146 valence electrons. The van der Waals surface area contributed by atoms with Gasteiger partial charge in [-0.3, -0.25) is 9.48 Å². The first kappa shape index (κ1) is 18.1. The third kappa shape index (κ3) is 4.00. The fraction of sp³-hybridized carbons (Fsp3) is 0.350. The zero-order valence-corrected chi connectivity index (χ0v) is 15.8. The van der Waals surface area contributed by atoms with Gasteiger partial charge >= 0.3 is 0 Å². The number of hydrogen-bond acceptors (Lipinski definition) is 6. The van der Waals surface area contributed by atoms with Crippen LogP contribution in [0.1, 0.15) is 23.4 Å². The van der Waals surface area contributed by atoms with E-state index in [0.29, 0.717) is 31.7 Å². The number of anilines is 1. The van der Waals surface area contributed by atoms with Crippen LogP contribution >= 0.6 is 0 Å². The molecule has 0 unspecified atom stereocenters. The van der Waals surface area contributed by atoms with E-state index in [4.69, 9.17) is 14.0 Å². The number of ether oxygens (including phenoxy) is 2. The number of nitrogens with zero attached hydrogens (tertiary/aromatic N) is 3. The minimum atomic E-state index is -0.141. The Morgan fingerprint density at radius 2 is 2.11 bits per heavy atom. The molecule has 0 bridgehead atoms. The van der Waals surface area contributed by atoms with Gasteiger partial charge in [0, 0.05) is 18.2 Å². The number of hydrogen-bond donors (Lipinski definition) is 1. The van der Waals surface area contributed by atoms with Crippen LogP contribution in [-0.4, -0.2) is 33.6 Å². The Balaban J connectivity index is 1.29. The van der Waals surface area contributed by atoms with E-state index in [9.17, 15) is 4.79 Å². The first-order chi connectivity index (χ1) is 13.6. The molecular formula is C20H22N4O4. The summed E-state index contributed by atoms with van der Waals surface area (Å²) in [6.45, 7) is 4.72. The van der Waals surface area contributed by atoms with Crippen LogP contribution in [-0.2, 0) is 17.8 Å². The maximum atomic E-state index is 12.2. The van der Waals surface area contributed by atoms with Crippen LogP contribution in [0.4, 0.5) is 5.69 Å². The second-order valence-corrected chi connectivity index (χ2v) is 6.80. The fourth-order valence-corrected chi connectivity index (χ4v) is 3.21. The van der Waals surface area contributed by atoms with Gasteiger partial charge < -0.3 is 19.3 Å². The number of rotatable bonds is 6. The molecular weight excluding hydrogens is 360 g/mol. The van der Waals surface area contributed by atoms with Crippen molar-refractivity contribution >= 4 is 11.6 Å². The molecule has 0 saturated carbocycles. The summed E-state index contributed by atoms with van der Waals surface area (Å²) >= 11 is 0. The Morgan fingerprint density at radius 1 is 1.29 bits per heavy atom. The highest BCUT2D eigenvalue weighted by Gasteiger charge is 2.21. The number of amides is 1. The molecule has 3 aromatic rings. The second-order valence-electron chi connectivity index (χ2n) is 6.80. The molecule has 1 aromatic carbocycles. The fourth-order valence-electron chi connectivity index (χ4n) is 3.21. The van der Waals surface area contributed by atoms with Gasteiger partial charge in [0.05, 0.1) is 24.1 Å². The lowest BCUT2D eigenvalue weighted by Crippen LogP contribution is -2.33. The Kier molecular flexibility index (Phi) is 5.01. The number of fused-ring (bicyclic) bond motifs is 1. The molecule has 0 saturated heterocycles. The molecule has 4 rings (SSSR count). The van der Waals surface area contributed by atoms with Crippen LogP contribution < -0.4 is 14.8 Å². The summed E-state index contributed by atoms with van der Waals surface area (Å²) in [5, 5.41) is 11.1. The standard InChI is InChI=1S/C20H22N4O4/c1-13-17(14(2)28-23-13)7-8-20(25)22-15-9-21-24(10-15)11-16-12-26-18-5-3-4-6-19(18)27-16/h3-6,9-10,16H,7-8,11-12H2,1-2H3,(H,22,25)/t16-/m0/s1. The summed E-state index contributed by atoms with van der Waals surface area (Å²) < 4.78 is 18.5. The number of nitrogens with one attached hydrogen (secondary N) is 1. The molecule has 1 amide bonds. The second kappa shape index (κ2) is 7.75. The van der Waals surface area contributed by atoms with Crippen molar-refractivity contribution in [1.29, 1.82) is 0 Å². The van der Waals surface area contributed by atoms with Gasteiger partial charge in [-0.2, -0.15) is 5.10 Å². The summed E-state index contributed by atoms with van der Waals surface area (Å²) in [6, 6.07) is 7.59. The molecule has 2 aromatic heterocycles. The number of aromatic nitrogens is 3. The van der Waals surface area contributed by atoms with Gasteiger partial charge in [-0.1, -0.05) is 17.3 Å². The predicted octanol–water partition coefficient (Wildman–Crippen LogP) is 2.90. The number of carbonyl (C=O) groups excluding carboxylic acids is 1. The first-order valence-corrected chi connectivity index (χ1v) is 9.21. The Morgan fingerprint density at radius 3 is 2.89 bits per heavy atom. The summed E-state index contributed by atoms with van der Waals surface area (Å²) in [5.74, 6) is 2.17. The smallest absolute Gasteiger partial charge is 0.224 e. The number of carbonyl (C=O) groups is 1. The van der Waals surface area contributed by atoms with Gasteiger partial charge in [-0.15, -0.1) is 0 Å². The van der Waals surface area contributed by atoms with E-state index in [2.05, 4.69) is 15.6 Å². The monoisotopic (exact) mass is 382 g/mol. The van der Waals surface area contributed by atoms with Gasteiger partial charge in [0.2, 0.25) is 5.91 Å². The van der Waals surface area contributed by atoms with Gasteiger partial charge in [0.1, 0.15) is 12.4 Å². The zero-order valence-electron chi connectivity index (χ0n) is 15.8. The molecule has 1 aliphatic heterocycles. The Bertz CT molecular complexity index is 959. The van der Waals surface area contributed by atoms with E-state index in [0.717, 1.165) is 28.5 Å². The van der Waals surface area contributed by atoms with Crippen LogP contribution in [0, 0.1) is 13.8 Å². The van der Waals surface area contributed by atoms with Gasteiger partial charge in [-0.05, 0) is 32.4 Å². The molecule has 8 nitrogen and oxygen atoms in total. The van der Waals surface area contributed by atoms with Crippen LogP contribution in [0.15, 0.2) is 41.2 Å². The van der Waals surface area contributed by atoms with Crippen LogP contribution in [0.2, 0.25) is 0 Å². The molecule has 0 fully saturated rings. The highest BCUT2D eigenvalue weighted by molar-refractivity contribution is 5.90. The summed E-state index contributed by atoms with van der Waals surface area (Å²) in [5.41, 5.74) is 2.47. The van der Waals surface area contributed by atoms with Crippen molar-refractivity contribution < 1.29 is 18.8 Å². The van der Waals surface area contributed by atoms with E-state index in [1.807, 2.05) is 38.1 Å². The lowest BCUT2D eigenvalue weighted by molar-refractivity contribution is -0.116. The first-order valence-electron chi connectivity index (χ1n) is 9.21. The zero-order chi connectivity index (χ0) is 19.5. The number of aryl methyl sites for hydroxylation is 2. The van der Waals surface area contributed by atoms with Crippen molar-refractivity contribution in [3.8, 4) is 11.5 Å². The van der Waals surface area contributed by atoms with E-state index in [1.165, 1.54) is 0 Å². The van der Waals surface area contributed by atoms with Crippen molar-refractivity contribution in [1.82, 2.24) is 14.9 Å². The van der Waals surface area contributed by atoms with E-state index < -0.39 is 0 Å². The minimum absolute atomic E-state index is 0.0780. The van der Waals surface area contributed by atoms with Crippen molar-refractivity contribution in [2.75, 3.05) is 11.9 Å². The Hall–Kier alpha value is -3.29. The lowest BCUT2D eigenvalue weighted by atomic mass is 10.1. The maximum Gasteiger partial charge on any atom is 0.224 e. The van der Waals surface area contributed by atoms with Crippen molar-refractivity contribution in [2.45, 2.75) is 39.3 Å². The van der Waals surface area contributed by atoms with Gasteiger partial charge in [0.15, 0.2) is 17.6 Å². The van der Waals surface area contributed by atoms with E-state index >= 15 is 0 Å². The molecule has 3 heterocycles. The van der Waals surface area contributed by atoms with Crippen LogP contribution in [0.5, 0.6) is 11.5 Å². The third-order valence-electron chi connectivity index (χ3n) is 4.66. The van der Waals surface area contributed by atoms with E-state index in [-0.39, 0.29) is 12.0 Å². The number of benzene rings is 1. The van der Waals surface area contributed by atoms with Crippen molar-refractivity contribution in [3.63, 3.8) is 0 Å². The molecule has 1 N–H and O–H groups in total. The molecule has 1 atom stereocenters. The van der Waals surface area contributed by atoms with E-state index in [1.54, 1.807) is 17.1 Å². The summed E-state index contributed by atoms with van der Waals surface area (Å²) in [4.78, 5) is 12.2. The third-order valence-corrected chi connectivity index (χ3v) is 4.66. The van der Waals surface area contributed by atoms with Crippen LogP contribution in [0.25, 0.3) is 0 Å². The van der Waals surface area contributed by atoms with Crippen molar-refractivity contribution in [2.24, 2.45) is 0 Å². The highest BCUT2D eigenvalue weighted by atomic mass is 16.6. The van der Waals surface area contributed by atoms with Gasteiger partial charge in [-0.25, -0.2) is 0 Å². The topological polar surface area (TPSA) is 91.4 Å². The Labute approximate surface area is 162 Å². The molecule has 0 spiro atoms. The molecule has 1 aliphatic rings. The molecule has 8 heteroatoms. The molecule has 0 radical (unpaired) electrons. The predicted molar refractivity (Wildman–Crippen MR) is 102 cm³/mol. The molecule has 28 heavy (non-hydrogen) atoms. The number of para-hydroxylation sites is 2. The maximum absolute atomic E-state index is 12.2. The van der Waals surface area contributed by atoms with Crippen LogP contribution in [0.3, 0.4) is 0 Å². The largest absolute Gasteiger partial charge is 0.486 e. The SMILES string of the molecule is Cc1noc(C)c1CCC(=O)Nc1cnn(C[C@H]2COc3ccccc3O2)c1. The van der Waals surface area contributed by atoms with Crippen molar-refractivity contribution in [3.05, 3.63) is 53.7 Å². The quantitative estimate of drug-likeness (QED) is 0.705. The summed E-state index contributed by atoms with van der Waals surface area (Å²) in [6.07, 6.45) is 4.22.